The number of sulfonamides is 1. The van der Waals surface area contributed by atoms with Crippen LogP contribution in [-0.2, 0) is 21.4 Å². The number of hydrogen-bond acceptors (Lipinski definition) is 4. The predicted molar refractivity (Wildman–Crippen MR) is 86.1 cm³/mol. The molecule has 1 saturated heterocycles. The van der Waals surface area contributed by atoms with Gasteiger partial charge in [0, 0.05) is 37.4 Å². The van der Waals surface area contributed by atoms with Gasteiger partial charge in [-0.25, -0.2) is 13.1 Å². The Morgan fingerprint density at radius 3 is 2.65 bits per heavy atom. The number of carbonyl (C=O) groups excluding carboxylic acids is 1. The molecular weight excluding hydrogens is 316 g/mol. The van der Waals surface area contributed by atoms with Gasteiger partial charge < -0.3 is 4.90 Å². The quantitative estimate of drug-likeness (QED) is 0.821. The van der Waals surface area contributed by atoms with Gasteiger partial charge in [0.1, 0.15) is 5.25 Å². The van der Waals surface area contributed by atoms with Crippen LogP contribution in [0.5, 0.6) is 0 Å². The van der Waals surface area contributed by atoms with Crippen molar-refractivity contribution < 1.29 is 13.2 Å². The highest BCUT2D eigenvalue weighted by Crippen LogP contribution is 2.29. The first-order valence-corrected chi connectivity index (χ1v) is 9.77. The van der Waals surface area contributed by atoms with Gasteiger partial charge in [-0.05, 0) is 25.8 Å². The zero-order valence-corrected chi connectivity index (χ0v) is 14.2. The maximum atomic E-state index is 12.4. The smallest absolute Gasteiger partial charge is 0.225 e. The number of carbonyl (C=O) groups is 1. The van der Waals surface area contributed by atoms with Gasteiger partial charge in [0.15, 0.2) is 0 Å². The van der Waals surface area contributed by atoms with E-state index >= 15 is 0 Å². The number of amides is 1. The van der Waals surface area contributed by atoms with Crippen molar-refractivity contribution in [2.24, 2.45) is 5.92 Å². The molecule has 1 aromatic heterocycles. The highest BCUT2D eigenvalue weighted by Gasteiger charge is 2.42. The predicted octanol–water partition coefficient (Wildman–Crippen LogP) is 0.592. The van der Waals surface area contributed by atoms with E-state index in [0.29, 0.717) is 19.6 Å². The van der Waals surface area contributed by atoms with E-state index in [1.54, 1.807) is 28.0 Å². The van der Waals surface area contributed by atoms with Gasteiger partial charge in [-0.1, -0.05) is 12.8 Å². The summed E-state index contributed by atoms with van der Waals surface area (Å²) in [5, 5.41) is 3.58. The molecule has 0 spiro atoms. The minimum Gasteiger partial charge on any atom is -0.340 e. The van der Waals surface area contributed by atoms with E-state index in [-0.39, 0.29) is 17.9 Å². The SMILES string of the molecule is C[C@H](Cn1cccn1)NS(=O)(=O)C1CN(C(=O)C2CCCC2)C1. The highest BCUT2D eigenvalue weighted by molar-refractivity contribution is 7.90. The molecular formula is C15H24N4O3S. The lowest BCUT2D eigenvalue weighted by Crippen LogP contribution is -2.61. The van der Waals surface area contributed by atoms with Crippen LogP contribution in [-0.4, -0.2) is 53.4 Å². The van der Waals surface area contributed by atoms with E-state index in [2.05, 4.69) is 9.82 Å². The lowest BCUT2D eigenvalue weighted by molar-refractivity contribution is -0.138. The minimum absolute atomic E-state index is 0.116. The van der Waals surface area contributed by atoms with Crippen LogP contribution >= 0.6 is 0 Å². The molecule has 1 aromatic rings. The van der Waals surface area contributed by atoms with Crippen LogP contribution in [0.15, 0.2) is 18.5 Å². The van der Waals surface area contributed by atoms with Crippen molar-refractivity contribution in [2.45, 2.75) is 50.4 Å². The molecule has 23 heavy (non-hydrogen) atoms. The largest absolute Gasteiger partial charge is 0.340 e. The van der Waals surface area contributed by atoms with Crippen LogP contribution in [0.3, 0.4) is 0 Å². The first kappa shape index (κ1) is 16.4. The molecule has 7 nitrogen and oxygen atoms in total. The summed E-state index contributed by atoms with van der Waals surface area (Å²) in [7, 11) is -3.40. The summed E-state index contributed by atoms with van der Waals surface area (Å²) >= 11 is 0. The Labute approximate surface area is 137 Å². The van der Waals surface area contributed by atoms with E-state index in [9.17, 15) is 13.2 Å². The molecule has 1 atom stereocenters. The molecule has 0 bridgehead atoms. The summed E-state index contributed by atoms with van der Waals surface area (Å²) in [5.74, 6) is 0.254. The number of likely N-dealkylation sites (tertiary alicyclic amines) is 1. The summed E-state index contributed by atoms with van der Waals surface area (Å²) in [5.41, 5.74) is 0. The third-order valence-corrected chi connectivity index (χ3v) is 6.60. The monoisotopic (exact) mass is 340 g/mol. The maximum Gasteiger partial charge on any atom is 0.225 e. The van der Waals surface area contributed by atoms with Crippen LogP contribution in [0.1, 0.15) is 32.6 Å². The molecule has 0 aromatic carbocycles. The van der Waals surface area contributed by atoms with Gasteiger partial charge in [-0.15, -0.1) is 0 Å². The van der Waals surface area contributed by atoms with Crippen LogP contribution < -0.4 is 4.72 Å². The van der Waals surface area contributed by atoms with Crippen molar-refractivity contribution >= 4 is 15.9 Å². The number of nitrogens with zero attached hydrogens (tertiary/aromatic N) is 3. The lowest BCUT2D eigenvalue weighted by Gasteiger charge is -2.40. The first-order valence-electron chi connectivity index (χ1n) is 8.23. The van der Waals surface area contributed by atoms with Gasteiger partial charge in [0.25, 0.3) is 0 Å². The van der Waals surface area contributed by atoms with Crippen LogP contribution in [0.2, 0.25) is 0 Å². The normalized spacial score (nSPS) is 21.3. The summed E-state index contributed by atoms with van der Waals surface area (Å²) < 4.78 is 29.1. The average molecular weight is 340 g/mol. The number of hydrogen-bond donors (Lipinski definition) is 1. The van der Waals surface area contributed by atoms with Crippen molar-refractivity contribution in [3.8, 4) is 0 Å². The molecule has 1 aliphatic carbocycles. The van der Waals surface area contributed by atoms with Gasteiger partial charge in [-0.3, -0.25) is 9.48 Å². The molecule has 1 aliphatic heterocycles. The van der Waals surface area contributed by atoms with Gasteiger partial charge in [-0.2, -0.15) is 5.10 Å². The van der Waals surface area contributed by atoms with Crippen molar-refractivity contribution in [1.29, 1.82) is 0 Å². The molecule has 2 fully saturated rings. The molecule has 8 heteroatoms. The molecule has 1 amide bonds. The van der Waals surface area contributed by atoms with E-state index in [1.807, 2.05) is 6.92 Å². The molecule has 128 valence electrons. The Kier molecular flexibility index (Phi) is 4.72. The third-order valence-electron chi connectivity index (χ3n) is 4.69. The van der Waals surface area contributed by atoms with E-state index < -0.39 is 15.3 Å². The topological polar surface area (TPSA) is 84.3 Å². The Bertz CT molecular complexity index is 632. The maximum absolute atomic E-state index is 12.4. The number of rotatable bonds is 6. The Hall–Kier alpha value is -1.41. The van der Waals surface area contributed by atoms with E-state index in [4.69, 9.17) is 0 Å². The Morgan fingerprint density at radius 1 is 1.35 bits per heavy atom. The summed E-state index contributed by atoms with van der Waals surface area (Å²) in [6.07, 6.45) is 7.59. The van der Waals surface area contributed by atoms with Crippen molar-refractivity contribution in [3.63, 3.8) is 0 Å². The Morgan fingerprint density at radius 2 is 2.04 bits per heavy atom. The second-order valence-electron chi connectivity index (χ2n) is 6.64. The van der Waals surface area contributed by atoms with Crippen LogP contribution in [0.25, 0.3) is 0 Å². The molecule has 0 unspecified atom stereocenters. The molecule has 0 radical (unpaired) electrons. The fourth-order valence-electron chi connectivity index (χ4n) is 3.35. The minimum atomic E-state index is -3.40. The fraction of sp³-hybridized carbons (Fsp3) is 0.733. The van der Waals surface area contributed by atoms with Gasteiger partial charge in [0.05, 0.1) is 6.54 Å². The number of nitrogens with one attached hydrogen (secondary N) is 1. The summed E-state index contributed by atoms with van der Waals surface area (Å²) in [4.78, 5) is 13.9. The molecule has 2 aliphatic rings. The molecule has 2 heterocycles. The van der Waals surface area contributed by atoms with Crippen LogP contribution in [0, 0.1) is 5.92 Å². The first-order chi connectivity index (χ1) is 11.0. The molecule has 1 saturated carbocycles. The van der Waals surface area contributed by atoms with Crippen LogP contribution in [0.4, 0.5) is 0 Å². The summed E-state index contributed by atoms with van der Waals surface area (Å²) in [6.45, 7) is 2.95. The Balaban J connectivity index is 1.48. The standard InChI is InChI=1S/C15H24N4O3S/c1-12(9-19-8-4-7-16-19)17-23(21,22)14-10-18(11-14)15(20)13-5-2-3-6-13/h4,7-8,12-14,17H,2-3,5-6,9-11H2,1H3/t12-/m1/s1. The van der Waals surface area contributed by atoms with Crippen molar-refractivity contribution in [3.05, 3.63) is 18.5 Å². The highest BCUT2D eigenvalue weighted by atomic mass is 32.2. The van der Waals surface area contributed by atoms with Crippen molar-refractivity contribution in [1.82, 2.24) is 19.4 Å². The lowest BCUT2D eigenvalue weighted by atomic mass is 10.0. The third kappa shape index (κ3) is 3.74. The second-order valence-corrected chi connectivity index (χ2v) is 8.63. The second kappa shape index (κ2) is 6.60. The average Bonchev–Trinajstić information content (AvgIpc) is 3.07. The van der Waals surface area contributed by atoms with Gasteiger partial charge >= 0.3 is 0 Å². The zero-order chi connectivity index (χ0) is 16.4. The summed E-state index contributed by atoms with van der Waals surface area (Å²) in [6, 6.07) is 1.57. The number of aromatic nitrogens is 2. The van der Waals surface area contributed by atoms with E-state index in [1.165, 1.54) is 0 Å². The molecule has 3 rings (SSSR count). The van der Waals surface area contributed by atoms with E-state index in [0.717, 1.165) is 25.7 Å². The zero-order valence-electron chi connectivity index (χ0n) is 13.4. The molecule has 1 N–H and O–H groups in total. The van der Waals surface area contributed by atoms with Gasteiger partial charge in [0.2, 0.25) is 15.9 Å². The fourth-order valence-corrected chi connectivity index (χ4v) is 4.93. The van der Waals surface area contributed by atoms with Crippen molar-refractivity contribution in [2.75, 3.05) is 13.1 Å².